The Morgan fingerprint density at radius 3 is 2.84 bits per heavy atom. The Morgan fingerprint density at radius 1 is 1.20 bits per heavy atom. The van der Waals surface area contributed by atoms with Crippen LogP contribution in [0, 0.1) is 13.8 Å². The first kappa shape index (κ1) is 16.6. The number of carbonyl (C=O) groups excluding carboxylic acids is 1. The fourth-order valence-electron chi connectivity index (χ4n) is 2.47. The number of hydrogen-bond acceptors (Lipinski definition) is 5. The maximum Gasteiger partial charge on any atom is 0.251 e. The molecule has 0 fully saturated rings. The summed E-state index contributed by atoms with van der Waals surface area (Å²) in [6.45, 7) is 4.86. The Morgan fingerprint density at radius 2 is 2.08 bits per heavy atom. The van der Waals surface area contributed by atoms with E-state index in [0.29, 0.717) is 24.5 Å². The second-order valence-corrected chi connectivity index (χ2v) is 5.69. The molecule has 0 atom stereocenters. The lowest BCUT2D eigenvalue weighted by atomic mass is 10.1. The standard InChI is InChI=1S/C18H19N5O2/c1-12-6-7-16(13(2)10-12)25-9-8-19-18(24)15-5-3-4-14(11-15)17-20-22-23-21-17/h3-7,10-11H,8-9H2,1-2H3,(H,19,24)(H,20,21,22,23). The molecule has 0 bridgehead atoms. The van der Waals surface area contributed by atoms with Crippen LogP contribution >= 0.6 is 0 Å². The largest absolute Gasteiger partial charge is 0.491 e. The summed E-state index contributed by atoms with van der Waals surface area (Å²) in [5.74, 6) is 1.11. The van der Waals surface area contributed by atoms with Gasteiger partial charge in [-0.1, -0.05) is 29.8 Å². The molecule has 2 aromatic carbocycles. The molecule has 2 N–H and O–H groups in total. The third kappa shape index (κ3) is 4.20. The van der Waals surface area contributed by atoms with E-state index in [1.807, 2.05) is 32.0 Å². The molecule has 1 aromatic heterocycles. The van der Waals surface area contributed by atoms with Crippen LogP contribution in [0.15, 0.2) is 42.5 Å². The van der Waals surface area contributed by atoms with Crippen LogP contribution in [0.25, 0.3) is 11.4 Å². The van der Waals surface area contributed by atoms with E-state index in [1.54, 1.807) is 18.2 Å². The molecule has 7 heteroatoms. The summed E-state index contributed by atoms with van der Waals surface area (Å²) in [6, 6.07) is 13.1. The van der Waals surface area contributed by atoms with Crippen molar-refractivity contribution in [1.82, 2.24) is 25.9 Å². The summed E-state index contributed by atoms with van der Waals surface area (Å²) in [6.07, 6.45) is 0. The Kier molecular flexibility index (Phi) is 5.03. The van der Waals surface area contributed by atoms with Crippen molar-refractivity contribution in [2.24, 2.45) is 0 Å². The summed E-state index contributed by atoms with van der Waals surface area (Å²) in [5, 5.41) is 16.6. The Hall–Kier alpha value is -3.22. The second-order valence-electron chi connectivity index (χ2n) is 5.69. The number of ether oxygens (including phenoxy) is 1. The number of nitrogens with zero attached hydrogens (tertiary/aromatic N) is 3. The highest BCUT2D eigenvalue weighted by Crippen LogP contribution is 2.18. The smallest absolute Gasteiger partial charge is 0.251 e. The van der Waals surface area contributed by atoms with Crippen molar-refractivity contribution in [1.29, 1.82) is 0 Å². The van der Waals surface area contributed by atoms with Gasteiger partial charge in [-0.3, -0.25) is 4.79 Å². The average Bonchev–Trinajstić information content (AvgIpc) is 3.15. The van der Waals surface area contributed by atoms with Crippen molar-refractivity contribution < 1.29 is 9.53 Å². The number of aromatic nitrogens is 4. The minimum absolute atomic E-state index is 0.172. The molecular formula is C18H19N5O2. The first-order valence-electron chi connectivity index (χ1n) is 7.95. The van der Waals surface area contributed by atoms with Gasteiger partial charge in [0, 0.05) is 11.1 Å². The van der Waals surface area contributed by atoms with E-state index in [2.05, 4.69) is 32.0 Å². The summed E-state index contributed by atoms with van der Waals surface area (Å²) in [5.41, 5.74) is 3.54. The number of tetrazole rings is 1. The van der Waals surface area contributed by atoms with Gasteiger partial charge in [-0.05, 0) is 42.8 Å². The fourth-order valence-corrected chi connectivity index (χ4v) is 2.47. The van der Waals surface area contributed by atoms with Crippen molar-refractivity contribution >= 4 is 5.91 Å². The van der Waals surface area contributed by atoms with Gasteiger partial charge < -0.3 is 10.1 Å². The van der Waals surface area contributed by atoms with Crippen LogP contribution < -0.4 is 10.1 Å². The highest BCUT2D eigenvalue weighted by Gasteiger charge is 2.09. The third-order valence-corrected chi connectivity index (χ3v) is 3.70. The van der Waals surface area contributed by atoms with Crippen LogP contribution in [0.5, 0.6) is 5.75 Å². The molecule has 3 aromatic rings. The number of amides is 1. The number of carbonyl (C=O) groups is 1. The molecule has 0 saturated carbocycles. The Labute approximate surface area is 145 Å². The first-order chi connectivity index (χ1) is 12.1. The average molecular weight is 337 g/mol. The highest BCUT2D eigenvalue weighted by molar-refractivity contribution is 5.95. The number of aromatic amines is 1. The normalized spacial score (nSPS) is 10.5. The van der Waals surface area contributed by atoms with E-state index < -0.39 is 0 Å². The van der Waals surface area contributed by atoms with Gasteiger partial charge in [-0.2, -0.15) is 5.21 Å². The van der Waals surface area contributed by atoms with Crippen LogP contribution in [0.2, 0.25) is 0 Å². The molecule has 128 valence electrons. The number of rotatable bonds is 6. The van der Waals surface area contributed by atoms with E-state index in [9.17, 15) is 4.79 Å². The Balaban J connectivity index is 1.53. The van der Waals surface area contributed by atoms with E-state index in [4.69, 9.17) is 4.74 Å². The van der Waals surface area contributed by atoms with Gasteiger partial charge in [-0.15, -0.1) is 10.2 Å². The van der Waals surface area contributed by atoms with Gasteiger partial charge in [0.05, 0.1) is 6.54 Å². The molecule has 0 aliphatic heterocycles. The number of nitrogens with one attached hydrogen (secondary N) is 2. The van der Waals surface area contributed by atoms with Crippen molar-refractivity contribution in [2.45, 2.75) is 13.8 Å². The predicted octanol–water partition coefficient (Wildman–Crippen LogP) is 2.29. The third-order valence-electron chi connectivity index (χ3n) is 3.70. The monoisotopic (exact) mass is 337 g/mol. The molecule has 1 amide bonds. The van der Waals surface area contributed by atoms with Crippen LogP contribution in [-0.4, -0.2) is 39.7 Å². The maximum atomic E-state index is 12.3. The van der Waals surface area contributed by atoms with Crippen LogP contribution in [0.3, 0.4) is 0 Å². The van der Waals surface area contributed by atoms with E-state index in [1.165, 1.54) is 5.56 Å². The van der Waals surface area contributed by atoms with E-state index in [0.717, 1.165) is 16.9 Å². The number of benzene rings is 2. The van der Waals surface area contributed by atoms with Crippen LogP contribution in [0.4, 0.5) is 0 Å². The number of hydrogen-bond donors (Lipinski definition) is 2. The molecule has 0 saturated heterocycles. The minimum atomic E-state index is -0.172. The summed E-state index contributed by atoms with van der Waals surface area (Å²) >= 11 is 0. The van der Waals surface area contributed by atoms with E-state index >= 15 is 0 Å². The molecule has 7 nitrogen and oxygen atoms in total. The van der Waals surface area contributed by atoms with Crippen molar-refractivity contribution in [3.8, 4) is 17.1 Å². The van der Waals surface area contributed by atoms with Crippen LogP contribution in [-0.2, 0) is 0 Å². The summed E-state index contributed by atoms with van der Waals surface area (Å²) in [7, 11) is 0. The van der Waals surface area contributed by atoms with Gasteiger partial charge in [0.2, 0.25) is 5.82 Å². The van der Waals surface area contributed by atoms with Gasteiger partial charge >= 0.3 is 0 Å². The highest BCUT2D eigenvalue weighted by atomic mass is 16.5. The molecular weight excluding hydrogens is 318 g/mol. The SMILES string of the molecule is Cc1ccc(OCCNC(=O)c2cccc(-c3nn[nH]n3)c2)c(C)c1. The zero-order chi connectivity index (χ0) is 17.6. The molecule has 0 aliphatic rings. The van der Waals surface area contributed by atoms with Crippen molar-refractivity contribution in [3.05, 3.63) is 59.2 Å². The fraction of sp³-hybridized carbons (Fsp3) is 0.222. The molecule has 0 radical (unpaired) electrons. The van der Waals surface area contributed by atoms with Gasteiger partial charge in [0.15, 0.2) is 0 Å². The lowest BCUT2D eigenvalue weighted by Gasteiger charge is -2.10. The molecule has 0 aliphatic carbocycles. The molecule has 0 spiro atoms. The van der Waals surface area contributed by atoms with Gasteiger partial charge in [0.1, 0.15) is 12.4 Å². The van der Waals surface area contributed by atoms with E-state index in [-0.39, 0.29) is 5.91 Å². The maximum absolute atomic E-state index is 12.3. The van der Waals surface area contributed by atoms with Crippen molar-refractivity contribution in [2.75, 3.05) is 13.2 Å². The molecule has 1 heterocycles. The Bertz CT molecular complexity index is 862. The van der Waals surface area contributed by atoms with Crippen LogP contribution in [0.1, 0.15) is 21.5 Å². The first-order valence-corrected chi connectivity index (χ1v) is 7.95. The quantitative estimate of drug-likeness (QED) is 0.673. The zero-order valence-corrected chi connectivity index (χ0v) is 14.1. The number of aryl methyl sites for hydroxylation is 2. The van der Waals surface area contributed by atoms with Gasteiger partial charge in [0.25, 0.3) is 5.91 Å². The molecule has 25 heavy (non-hydrogen) atoms. The number of H-pyrrole nitrogens is 1. The molecule has 0 unspecified atom stereocenters. The second kappa shape index (κ2) is 7.57. The lowest BCUT2D eigenvalue weighted by Crippen LogP contribution is -2.28. The lowest BCUT2D eigenvalue weighted by molar-refractivity contribution is 0.0947. The minimum Gasteiger partial charge on any atom is -0.491 e. The zero-order valence-electron chi connectivity index (χ0n) is 14.1. The predicted molar refractivity (Wildman–Crippen MR) is 93.4 cm³/mol. The molecule has 3 rings (SSSR count). The summed E-state index contributed by atoms with van der Waals surface area (Å²) < 4.78 is 5.71. The summed E-state index contributed by atoms with van der Waals surface area (Å²) in [4.78, 5) is 12.3. The topological polar surface area (TPSA) is 92.8 Å². The van der Waals surface area contributed by atoms with Gasteiger partial charge in [-0.25, -0.2) is 0 Å². The van der Waals surface area contributed by atoms with Crippen molar-refractivity contribution in [3.63, 3.8) is 0 Å².